The lowest BCUT2D eigenvalue weighted by Crippen LogP contribution is -2.30. The Morgan fingerprint density at radius 2 is 1.67 bits per heavy atom. The fourth-order valence-corrected chi connectivity index (χ4v) is 3.15. The quantitative estimate of drug-likeness (QED) is 0.669. The molecule has 2 aromatic carbocycles. The van der Waals surface area contributed by atoms with E-state index in [1.807, 2.05) is 0 Å². The van der Waals surface area contributed by atoms with E-state index in [0.29, 0.717) is 18.8 Å². The topological polar surface area (TPSA) is 27.7 Å². The Morgan fingerprint density at radius 3 is 2.30 bits per heavy atom. The molecule has 1 aliphatic rings. The summed E-state index contributed by atoms with van der Waals surface area (Å²) in [5, 5.41) is 0. The Bertz CT molecular complexity index is 786. The molecule has 1 fully saturated rings. The summed E-state index contributed by atoms with van der Waals surface area (Å²) in [6.07, 6.45) is 1.57. The first-order valence-electron chi connectivity index (χ1n) is 9.18. The predicted molar refractivity (Wildman–Crippen MR) is 96.3 cm³/mol. The van der Waals surface area contributed by atoms with E-state index in [9.17, 15) is 13.2 Å². The molecule has 0 aliphatic carbocycles. The highest BCUT2D eigenvalue weighted by atomic mass is 19.2. The van der Waals surface area contributed by atoms with Crippen LogP contribution in [0, 0.1) is 17.5 Å². The first-order chi connectivity index (χ1) is 13.0. The van der Waals surface area contributed by atoms with Crippen molar-refractivity contribution in [2.75, 3.05) is 19.8 Å². The van der Waals surface area contributed by atoms with Crippen LogP contribution >= 0.6 is 0 Å². The molecule has 27 heavy (non-hydrogen) atoms. The van der Waals surface area contributed by atoms with Gasteiger partial charge in [0, 0.05) is 17.0 Å². The van der Waals surface area contributed by atoms with Gasteiger partial charge >= 0.3 is 0 Å². The lowest BCUT2D eigenvalue weighted by atomic mass is 9.96. The van der Waals surface area contributed by atoms with Gasteiger partial charge in [-0.2, -0.15) is 4.39 Å². The molecular formula is C21H23F3O3. The van der Waals surface area contributed by atoms with Crippen molar-refractivity contribution in [3.63, 3.8) is 0 Å². The Balaban J connectivity index is 1.81. The fraction of sp³-hybridized carbons (Fsp3) is 0.429. The highest BCUT2D eigenvalue weighted by Crippen LogP contribution is 2.33. The molecule has 2 aromatic rings. The lowest BCUT2D eigenvalue weighted by Gasteiger charge is -2.29. The van der Waals surface area contributed by atoms with E-state index in [2.05, 4.69) is 6.92 Å². The zero-order valence-electron chi connectivity index (χ0n) is 15.4. The first-order valence-corrected chi connectivity index (χ1v) is 9.18. The number of ether oxygens (including phenoxy) is 3. The van der Waals surface area contributed by atoms with Crippen LogP contribution in [-0.4, -0.2) is 26.1 Å². The number of halogens is 3. The molecule has 6 heteroatoms. The molecule has 0 aromatic heterocycles. The molecule has 0 N–H and O–H groups in total. The maximum absolute atomic E-state index is 14.6. The summed E-state index contributed by atoms with van der Waals surface area (Å²) in [6.45, 7) is 4.82. The maximum atomic E-state index is 14.6. The van der Waals surface area contributed by atoms with Gasteiger partial charge in [-0.15, -0.1) is 0 Å². The van der Waals surface area contributed by atoms with Crippen LogP contribution in [0.5, 0.6) is 5.75 Å². The normalized spacial score (nSPS) is 19.9. The van der Waals surface area contributed by atoms with E-state index in [-0.39, 0.29) is 35.7 Å². The zero-order valence-corrected chi connectivity index (χ0v) is 15.4. The van der Waals surface area contributed by atoms with Gasteiger partial charge in [-0.05, 0) is 37.1 Å². The molecular weight excluding hydrogens is 357 g/mol. The molecule has 3 rings (SSSR count). The monoisotopic (exact) mass is 380 g/mol. The van der Waals surface area contributed by atoms with E-state index in [1.165, 1.54) is 24.3 Å². The predicted octanol–water partition coefficient (Wildman–Crippen LogP) is 5.43. The molecule has 0 amide bonds. The molecule has 0 radical (unpaired) electrons. The van der Waals surface area contributed by atoms with E-state index < -0.39 is 17.5 Å². The number of rotatable bonds is 6. The molecule has 0 saturated carbocycles. The van der Waals surface area contributed by atoms with Crippen molar-refractivity contribution < 1.29 is 27.4 Å². The van der Waals surface area contributed by atoms with Crippen molar-refractivity contribution in [1.29, 1.82) is 0 Å². The van der Waals surface area contributed by atoms with Crippen LogP contribution in [0.3, 0.4) is 0 Å². The van der Waals surface area contributed by atoms with Gasteiger partial charge in [0.2, 0.25) is 5.82 Å². The largest absolute Gasteiger partial charge is 0.491 e. The second kappa shape index (κ2) is 8.76. The summed E-state index contributed by atoms with van der Waals surface area (Å²) in [5.41, 5.74) is 0.567. The third-order valence-corrected chi connectivity index (χ3v) is 4.59. The molecule has 0 unspecified atom stereocenters. The average molecular weight is 380 g/mol. The molecule has 3 nitrogen and oxygen atoms in total. The van der Waals surface area contributed by atoms with Crippen LogP contribution in [0.1, 0.15) is 38.2 Å². The number of benzene rings is 2. The minimum absolute atomic E-state index is 0.000274. The Kier molecular flexibility index (Phi) is 6.39. The van der Waals surface area contributed by atoms with Gasteiger partial charge in [-0.1, -0.05) is 25.5 Å². The SMILES string of the molecule is CCCC1OCC(c2ccc(-c3ccc(OCC)c(F)c3F)c(F)c2)CO1. The van der Waals surface area contributed by atoms with Crippen LogP contribution in [-0.2, 0) is 9.47 Å². The van der Waals surface area contributed by atoms with Crippen LogP contribution < -0.4 is 4.74 Å². The van der Waals surface area contributed by atoms with Crippen LogP contribution in [0.4, 0.5) is 13.2 Å². The van der Waals surface area contributed by atoms with Gasteiger partial charge in [0.25, 0.3) is 0 Å². The van der Waals surface area contributed by atoms with Gasteiger partial charge in [-0.25, -0.2) is 8.78 Å². The Hall–Kier alpha value is -2.05. The van der Waals surface area contributed by atoms with Crippen molar-refractivity contribution in [3.05, 3.63) is 53.3 Å². The van der Waals surface area contributed by atoms with Gasteiger partial charge in [0.05, 0.1) is 19.8 Å². The Morgan fingerprint density at radius 1 is 0.963 bits per heavy atom. The zero-order chi connectivity index (χ0) is 19.4. The lowest BCUT2D eigenvalue weighted by molar-refractivity contribution is -0.189. The van der Waals surface area contributed by atoms with Crippen molar-refractivity contribution in [2.24, 2.45) is 0 Å². The molecule has 1 saturated heterocycles. The van der Waals surface area contributed by atoms with Gasteiger partial charge in [0.1, 0.15) is 5.82 Å². The average Bonchev–Trinajstić information content (AvgIpc) is 2.67. The summed E-state index contributed by atoms with van der Waals surface area (Å²) in [5.74, 6) is -3.14. The molecule has 0 atom stereocenters. The fourth-order valence-electron chi connectivity index (χ4n) is 3.15. The second-order valence-electron chi connectivity index (χ2n) is 6.49. The molecule has 146 valence electrons. The second-order valence-corrected chi connectivity index (χ2v) is 6.49. The van der Waals surface area contributed by atoms with Gasteiger partial charge in [-0.3, -0.25) is 0 Å². The van der Waals surface area contributed by atoms with Gasteiger partial charge in [0.15, 0.2) is 17.9 Å². The Labute approximate surface area is 157 Å². The molecule has 1 heterocycles. The number of hydrogen-bond acceptors (Lipinski definition) is 3. The van der Waals surface area contributed by atoms with Crippen LogP contribution in [0.15, 0.2) is 30.3 Å². The summed E-state index contributed by atoms with van der Waals surface area (Å²) in [7, 11) is 0. The van der Waals surface area contributed by atoms with Crippen molar-refractivity contribution in [1.82, 2.24) is 0 Å². The van der Waals surface area contributed by atoms with Crippen LogP contribution in [0.25, 0.3) is 11.1 Å². The third-order valence-electron chi connectivity index (χ3n) is 4.59. The first kappa shape index (κ1) is 19.7. The summed E-state index contributed by atoms with van der Waals surface area (Å²) in [6, 6.07) is 7.12. The third kappa shape index (κ3) is 4.28. The van der Waals surface area contributed by atoms with E-state index in [1.54, 1.807) is 13.0 Å². The highest BCUT2D eigenvalue weighted by molar-refractivity contribution is 5.66. The standard InChI is InChI=1S/C21H23F3O3/c1-3-5-19-26-11-14(12-27-19)13-6-7-15(17(22)10-13)16-8-9-18(25-4-2)21(24)20(16)23/h6-10,14,19H,3-5,11-12H2,1-2H3. The molecule has 0 bridgehead atoms. The summed E-state index contributed by atoms with van der Waals surface area (Å²) in [4.78, 5) is 0. The van der Waals surface area contributed by atoms with E-state index in [4.69, 9.17) is 14.2 Å². The molecule has 1 aliphatic heterocycles. The van der Waals surface area contributed by atoms with Crippen molar-refractivity contribution >= 4 is 0 Å². The van der Waals surface area contributed by atoms with Gasteiger partial charge < -0.3 is 14.2 Å². The molecule has 0 spiro atoms. The summed E-state index contributed by atoms with van der Waals surface area (Å²) < 4.78 is 59.4. The van der Waals surface area contributed by atoms with E-state index in [0.717, 1.165) is 12.8 Å². The smallest absolute Gasteiger partial charge is 0.201 e. The number of hydrogen-bond donors (Lipinski definition) is 0. The van der Waals surface area contributed by atoms with Crippen molar-refractivity contribution in [3.8, 4) is 16.9 Å². The maximum Gasteiger partial charge on any atom is 0.201 e. The van der Waals surface area contributed by atoms with Crippen molar-refractivity contribution in [2.45, 2.75) is 38.9 Å². The van der Waals surface area contributed by atoms with E-state index >= 15 is 0 Å². The van der Waals surface area contributed by atoms with Crippen LogP contribution in [0.2, 0.25) is 0 Å². The summed E-state index contributed by atoms with van der Waals surface area (Å²) >= 11 is 0. The minimum atomic E-state index is -1.13. The minimum Gasteiger partial charge on any atom is -0.491 e. The highest BCUT2D eigenvalue weighted by Gasteiger charge is 2.24.